The standard InChI is InChI=1S/C20H29NO3/c1-22-17-10-11-20(24-3)12-14-21(19(20)15-17)13-6-8-16-7-4-5-9-18(16)23-2/h4-9,17,19H,10-15H2,1-3H3/b8-6+/t17-,19+,20-/m0/s1. The second-order valence-electron chi connectivity index (χ2n) is 6.81. The number of fused-ring (bicyclic) bond motifs is 1. The fourth-order valence-electron chi connectivity index (χ4n) is 4.31. The average Bonchev–Trinajstić information content (AvgIpc) is 3.00. The van der Waals surface area contributed by atoms with Crippen LogP contribution in [0.25, 0.3) is 6.08 Å². The Bertz CT molecular complexity index is 574. The first-order valence-corrected chi connectivity index (χ1v) is 8.84. The van der Waals surface area contributed by atoms with Crippen LogP contribution in [-0.2, 0) is 9.47 Å². The maximum atomic E-state index is 5.99. The van der Waals surface area contributed by atoms with E-state index in [0.29, 0.717) is 12.1 Å². The van der Waals surface area contributed by atoms with E-state index in [2.05, 4.69) is 23.1 Å². The first-order chi connectivity index (χ1) is 11.7. The van der Waals surface area contributed by atoms with Gasteiger partial charge >= 0.3 is 0 Å². The lowest BCUT2D eigenvalue weighted by molar-refractivity contribution is -0.0924. The lowest BCUT2D eigenvalue weighted by atomic mass is 9.79. The lowest BCUT2D eigenvalue weighted by Gasteiger charge is -2.43. The van der Waals surface area contributed by atoms with Gasteiger partial charge in [0.1, 0.15) is 5.75 Å². The van der Waals surface area contributed by atoms with E-state index >= 15 is 0 Å². The van der Waals surface area contributed by atoms with Crippen LogP contribution in [0, 0.1) is 0 Å². The van der Waals surface area contributed by atoms with Gasteiger partial charge in [0.15, 0.2) is 0 Å². The zero-order valence-electron chi connectivity index (χ0n) is 15.0. The minimum atomic E-state index is 0.0211. The molecule has 4 nitrogen and oxygen atoms in total. The van der Waals surface area contributed by atoms with Gasteiger partial charge in [0.25, 0.3) is 0 Å². The Balaban J connectivity index is 1.67. The number of likely N-dealkylation sites (tertiary alicyclic amines) is 1. The number of hydrogen-bond acceptors (Lipinski definition) is 4. The first kappa shape index (κ1) is 17.5. The van der Waals surface area contributed by atoms with Crippen LogP contribution < -0.4 is 4.74 Å². The second-order valence-corrected chi connectivity index (χ2v) is 6.81. The topological polar surface area (TPSA) is 30.9 Å². The molecular weight excluding hydrogens is 302 g/mol. The highest BCUT2D eigenvalue weighted by atomic mass is 16.5. The third kappa shape index (κ3) is 3.37. The highest BCUT2D eigenvalue weighted by molar-refractivity contribution is 5.57. The van der Waals surface area contributed by atoms with Crippen molar-refractivity contribution >= 4 is 6.08 Å². The Morgan fingerprint density at radius 2 is 2.04 bits per heavy atom. The Morgan fingerprint density at radius 3 is 2.79 bits per heavy atom. The summed E-state index contributed by atoms with van der Waals surface area (Å²) in [4.78, 5) is 2.54. The molecule has 2 fully saturated rings. The van der Waals surface area contributed by atoms with Crippen LogP contribution in [0.5, 0.6) is 5.75 Å². The van der Waals surface area contributed by atoms with Gasteiger partial charge in [-0.25, -0.2) is 0 Å². The molecule has 0 amide bonds. The van der Waals surface area contributed by atoms with E-state index in [0.717, 1.165) is 50.1 Å². The molecule has 3 rings (SSSR count). The molecule has 2 aliphatic rings. The van der Waals surface area contributed by atoms with Gasteiger partial charge in [0, 0.05) is 38.9 Å². The van der Waals surface area contributed by atoms with Crippen molar-refractivity contribution in [2.45, 2.75) is 43.4 Å². The number of rotatable bonds is 6. The summed E-state index contributed by atoms with van der Waals surface area (Å²) in [6.07, 6.45) is 9.13. The number of ether oxygens (including phenoxy) is 3. The van der Waals surface area contributed by atoms with Crippen LogP contribution >= 0.6 is 0 Å². The van der Waals surface area contributed by atoms with Crippen molar-refractivity contribution in [1.82, 2.24) is 4.90 Å². The molecule has 1 heterocycles. The second kappa shape index (κ2) is 7.68. The third-order valence-corrected chi connectivity index (χ3v) is 5.76. The lowest BCUT2D eigenvalue weighted by Crippen LogP contribution is -2.51. The summed E-state index contributed by atoms with van der Waals surface area (Å²) in [6, 6.07) is 8.56. The fraction of sp³-hybridized carbons (Fsp3) is 0.600. The molecule has 0 bridgehead atoms. The predicted octanol–water partition coefficient (Wildman–Crippen LogP) is 3.37. The molecule has 3 atom stereocenters. The number of methoxy groups -OCH3 is 3. The minimum absolute atomic E-state index is 0.0211. The van der Waals surface area contributed by atoms with Crippen molar-refractivity contribution in [3.8, 4) is 5.75 Å². The van der Waals surface area contributed by atoms with Crippen molar-refractivity contribution < 1.29 is 14.2 Å². The van der Waals surface area contributed by atoms with E-state index in [-0.39, 0.29) is 5.60 Å². The minimum Gasteiger partial charge on any atom is -0.496 e. The average molecular weight is 331 g/mol. The monoisotopic (exact) mass is 331 g/mol. The summed E-state index contributed by atoms with van der Waals surface area (Å²) in [7, 11) is 5.41. The Kier molecular flexibility index (Phi) is 5.59. The number of para-hydroxylation sites is 1. The Morgan fingerprint density at radius 1 is 1.21 bits per heavy atom. The maximum Gasteiger partial charge on any atom is 0.126 e. The largest absolute Gasteiger partial charge is 0.496 e. The SMILES string of the molecule is COc1ccccc1/C=C/CN1CC[C@@]2(OC)CC[C@H](OC)C[C@@H]12. The number of nitrogens with zero attached hydrogens (tertiary/aromatic N) is 1. The van der Waals surface area contributed by atoms with Gasteiger partial charge in [-0.2, -0.15) is 0 Å². The highest BCUT2D eigenvalue weighted by Gasteiger charge is 2.50. The molecular formula is C20H29NO3. The Hall–Kier alpha value is -1.36. The van der Waals surface area contributed by atoms with Gasteiger partial charge < -0.3 is 14.2 Å². The Labute approximate surface area is 145 Å². The smallest absolute Gasteiger partial charge is 0.126 e. The molecule has 0 N–H and O–H groups in total. The van der Waals surface area contributed by atoms with Crippen LogP contribution in [0.4, 0.5) is 0 Å². The van der Waals surface area contributed by atoms with E-state index < -0.39 is 0 Å². The predicted molar refractivity (Wildman–Crippen MR) is 96.4 cm³/mol. The summed E-state index contributed by atoms with van der Waals surface area (Å²) < 4.78 is 17.0. The molecule has 1 saturated heterocycles. The third-order valence-electron chi connectivity index (χ3n) is 5.76. The molecule has 1 aliphatic heterocycles. The van der Waals surface area contributed by atoms with Crippen molar-refractivity contribution in [3.63, 3.8) is 0 Å². The molecule has 0 radical (unpaired) electrons. The van der Waals surface area contributed by atoms with Crippen LogP contribution in [-0.4, -0.2) is 57.1 Å². The van der Waals surface area contributed by atoms with Crippen molar-refractivity contribution in [3.05, 3.63) is 35.9 Å². The van der Waals surface area contributed by atoms with Crippen LogP contribution in [0.15, 0.2) is 30.3 Å². The van der Waals surface area contributed by atoms with Crippen LogP contribution in [0.3, 0.4) is 0 Å². The van der Waals surface area contributed by atoms with E-state index in [1.165, 1.54) is 0 Å². The van der Waals surface area contributed by atoms with Crippen molar-refractivity contribution in [2.75, 3.05) is 34.4 Å². The number of hydrogen-bond donors (Lipinski definition) is 0. The zero-order valence-corrected chi connectivity index (χ0v) is 15.0. The van der Waals surface area contributed by atoms with Gasteiger partial charge in [-0.05, 0) is 31.7 Å². The van der Waals surface area contributed by atoms with Crippen molar-refractivity contribution in [1.29, 1.82) is 0 Å². The van der Waals surface area contributed by atoms with Gasteiger partial charge in [0.05, 0.1) is 18.8 Å². The summed E-state index contributed by atoms with van der Waals surface area (Å²) >= 11 is 0. The molecule has 0 spiro atoms. The van der Waals surface area contributed by atoms with Gasteiger partial charge in [0.2, 0.25) is 0 Å². The fourth-order valence-corrected chi connectivity index (χ4v) is 4.31. The molecule has 0 aromatic heterocycles. The zero-order chi connectivity index (χ0) is 17.0. The number of benzene rings is 1. The molecule has 0 unspecified atom stereocenters. The van der Waals surface area contributed by atoms with Gasteiger partial charge in [-0.1, -0.05) is 30.4 Å². The summed E-state index contributed by atoms with van der Waals surface area (Å²) in [5, 5.41) is 0. The highest BCUT2D eigenvalue weighted by Crippen LogP contribution is 2.42. The summed E-state index contributed by atoms with van der Waals surface area (Å²) in [6.45, 7) is 2.02. The molecule has 132 valence electrons. The normalized spacial score (nSPS) is 30.6. The maximum absolute atomic E-state index is 5.99. The van der Waals surface area contributed by atoms with Gasteiger partial charge in [-0.15, -0.1) is 0 Å². The van der Waals surface area contributed by atoms with Crippen LogP contribution in [0.2, 0.25) is 0 Å². The molecule has 1 aromatic rings. The van der Waals surface area contributed by atoms with E-state index in [1.54, 1.807) is 7.11 Å². The van der Waals surface area contributed by atoms with Crippen molar-refractivity contribution in [2.24, 2.45) is 0 Å². The van der Waals surface area contributed by atoms with E-state index in [1.807, 2.05) is 32.4 Å². The quantitative estimate of drug-likeness (QED) is 0.800. The van der Waals surface area contributed by atoms with E-state index in [4.69, 9.17) is 14.2 Å². The molecule has 1 aliphatic carbocycles. The summed E-state index contributed by atoms with van der Waals surface area (Å²) in [5.41, 5.74) is 1.14. The summed E-state index contributed by atoms with van der Waals surface area (Å²) in [5.74, 6) is 0.915. The molecule has 1 aromatic carbocycles. The van der Waals surface area contributed by atoms with E-state index in [9.17, 15) is 0 Å². The van der Waals surface area contributed by atoms with Crippen LogP contribution in [0.1, 0.15) is 31.2 Å². The molecule has 24 heavy (non-hydrogen) atoms. The molecule has 1 saturated carbocycles. The first-order valence-electron chi connectivity index (χ1n) is 8.84. The van der Waals surface area contributed by atoms with Gasteiger partial charge in [-0.3, -0.25) is 4.90 Å². The molecule has 4 heteroatoms.